The van der Waals surface area contributed by atoms with E-state index in [9.17, 15) is 5.11 Å². The lowest BCUT2D eigenvalue weighted by molar-refractivity contribution is -0.0492. The fraction of sp³-hybridized carbons (Fsp3) is 1.00. The van der Waals surface area contributed by atoms with Crippen molar-refractivity contribution in [1.29, 1.82) is 0 Å². The van der Waals surface area contributed by atoms with Crippen LogP contribution in [-0.4, -0.2) is 36.6 Å². The number of ether oxygens (including phenoxy) is 2. The first kappa shape index (κ1) is 8.97. The van der Waals surface area contributed by atoms with Gasteiger partial charge < -0.3 is 14.6 Å². The summed E-state index contributed by atoms with van der Waals surface area (Å²) in [6.07, 6.45) is 0.382. The van der Waals surface area contributed by atoms with E-state index in [-0.39, 0.29) is 11.7 Å². The van der Waals surface area contributed by atoms with Gasteiger partial charge in [0.15, 0.2) is 0 Å². The summed E-state index contributed by atoms with van der Waals surface area (Å²) in [7, 11) is 0. The summed E-state index contributed by atoms with van der Waals surface area (Å²) in [5, 5.41) is 9.18. The van der Waals surface area contributed by atoms with Crippen molar-refractivity contribution >= 4 is 0 Å². The molecular formula is C8H16O3. The quantitative estimate of drug-likeness (QED) is 0.655. The molecule has 66 valence electrons. The van der Waals surface area contributed by atoms with Crippen LogP contribution in [0.1, 0.15) is 20.3 Å². The lowest BCUT2D eigenvalue weighted by atomic mass is 10.0. The maximum absolute atomic E-state index is 9.18. The Bertz CT molecular complexity index is 127. The van der Waals surface area contributed by atoms with Crippen LogP contribution in [0.3, 0.4) is 0 Å². The molecule has 1 N–H and O–H groups in total. The Labute approximate surface area is 67.3 Å². The van der Waals surface area contributed by atoms with Crippen LogP contribution in [0.25, 0.3) is 0 Å². The Morgan fingerprint density at radius 2 is 2.45 bits per heavy atom. The zero-order valence-electron chi connectivity index (χ0n) is 7.17. The van der Waals surface area contributed by atoms with Crippen molar-refractivity contribution in [3.63, 3.8) is 0 Å². The second kappa shape index (κ2) is 3.52. The Kier molecular flexibility index (Phi) is 2.87. The fourth-order valence-electron chi connectivity index (χ4n) is 1.33. The highest BCUT2D eigenvalue weighted by Crippen LogP contribution is 2.25. The molecule has 0 aromatic carbocycles. The van der Waals surface area contributed by atoms with E-state index in [4.69, 9.17) is 9.47 Å². The Hall–Kier alpha value is -0.120. The number of rotatable bonds is 3. The molecule has 2 unspecified atom stereocenters. The molecule has 3 heteroatoms. The van der Waals surface area contributed by atoms with Gasteiger partial charge >= 0.3 is 0 Å². The highest BCUT2D eigenvalue weighted by Gasteiger charge is 2.35. The van der Waals surface area contributed by atoms with Crippen LogP contribution >= 0.6 is 0 Å². The van der Waals surface area contributed by atoms with Crippen molar-refractivity contribution in [2.75, 3.05) is 19.8 Å². The summed E-state index contributed by atoms with van der Waals surface area (Å²) in [5.41, 5.74) is -0.255. The van der Waals surface area contributed by atoms with Gasteiger partial charge in [0, 0.05) is 13.0 Å². The van der Waals surface area contributed by atoms with Crippen molar-refractivity contribution in [3.8, 4) is 0 Å². The predicted octanol–water partition coefficient (Wildman–Crippen LogP) is 0.563. The molecule has 11 heavy (non-hydrogen) atoms. The van der Waals surface area contributed by atoms with Gasteiger partial charge in [-0.3, -0.25) is 0 Å². The molecule has 0 saturated carbocycles. The van der Waals surface area contributed by atoms with Gasteiger partial charge in [-0.15, -0.1) is 0 Å². The van der Waals surface area contributed by atoms with Crippen molar-refractivity contribution in [3.05, 3.63) is 0 Å². The van der Waals surface area contributed by atoms with Gasteiger partial charge in [-0.1, -0.05) is 0 Å². The zero-order valence-corrected chi connectivity index (χ0v) is 7.17. The monoisotopic (exact) mass is 160 g/mol. The lowest BCUT2D eigenvalue weighted by Gasteiger charge is -2.21. The van der Waals surface area contributed by atoms with E-state index in [2.05, 4.69) is 0 Å². The molecule has 1 fully saturated rings. The Balaban J connectivity index is 2.29. The number of aliphatic hydroxyl groups excluding tert-OH is 1. The molecular weight excluding hydrogens is 144 g/mol. The largest absolute Gasteiger partial charge is 0.391 e. The van der Waals surface area contributed by atoms with E-state index < -0.39 is 0 Å². The minimum Gasteiger partial charge on any atom is -0.391 e. The van der Waals surface area contributed by atoms with Crippen LogP contribution in [0.15, 0.2) is 0 Å². The van der Waals surface area contributed by atoms with E-state index in [1.165, 1.54) is 0 Å². The third-order valence-corrected chi connectivity index (χ3v) is 1.90. The Morgan fingerprint density at radius 1 is 1.73 bits per heavy atom. The van der Waals surface area contributed by atoms with Crippen LogP contribution < -0.4 is 0 Å². The fourth-order valence-corrected chi connectivity index (χ4v) is 1.33. The van der Waals surface area contributed by atoms with Gasteiger partial charge in [0.2, 0.25) is 0 Å². The smallest absolute Gasteiger partial charge is 0.0913 e. The molecule has 1 rings (SSSR count). The highest BCUT2D eigenvalue weighted by atomic mass is 16.6. The summed E-state index contributed by atoms with van der Waals surface area (Å²) in [5.74, 6) is 0. The number of hydrogen-bond donors (Lipinski definition) is 1. The van der Waals surface area contributed by atoms with Crippen LogP contribution in [0, 0.1) is 0 Å². The molecule has 3 nitrogen and oxygen atoms in total. The van der Waals surface area contributed by atoms with Crippen LogP contribution in [-0.2, 0) is 9.47 Å². The predicted molar refractivity (Wildman–Crippen MR) is 41.5 cm³/mol. The van der Waals surface area contributed by atoms with Gasteiger partial charge in [0.05, 0.1) is 24.9 Å². The average molecular weight is 160 g/mol. The standard InChI is InChI=1S/C8H16O3/c1-3-10-6-8(2)4-7(9)5-11-8/h7,9H,3-6H2,1-2H3. The molecule has 1 aliphatic heterocycles. The van der Waals surface area contributed by atoms with E-state index in [1.54, 1.807) is 0 Å². The molecule has 1 aliphatic rings. The first-order valence-corrected chi connectivity index (χ1v) is 4.06. The molecule has 0 radical (unpaired) electrons. The zero-order chi connectivity index (χ0) is 8.32. The minimum absolute atomic E-state index is 0.255. The molecule has 0 aliphatic carbocycles. The molecule has 1 saturated heterocycles. The molecule has 0 bridgehead atoms. The number of hydrogen-bond acceptors (Lipinski definition) is 3. The maximum Gasteiger partial charge on any atom is 0.0913 e. The van der Waals surface area contributed by atoms with Gasteiger partial charge in [-0.25, -0.2) is 0 Å². The van der Waals surface area contributed by atoms with Crippen molar-refractivity contribution in [2.24, 2.45) is 0 Å². The normalized spacial score (nSPS) is 37.9. The summed E-state index contributed by atoms with van der Waals surface area (Å²) >= 11 is 0. The molecule has 0 aromatic heterocycles. The summed E-state index contributed by atoms with van der Waals surface area (Å²) in [4.78, 5) is 0. The van der Waals surface area contributed by atoms with Gasteiger partial charge in [-0.05, 0) is 13.8 Å². The molecule has 0 amide bonds. The lowest BCUT2D eigenvalue weighted by Crippen LogP contribution is -2.30. The average Bonchev–Trinajstić information content (AvgIpc) is 2.28. The SMILES string of the molecule is CCOCC1(C)CC(O)CO1. The molecule has 0 spiro atoms. The van der Waals surface area contributed by atoms with E-state index >= 15 is 0 Å². The maximum atomic E-state index is 9.18. The minimum atomic E-state index is -0.305. The van der Waals surface area contributed by atoms with Crippen LogP contribution in [0.4, 0.5) is 0 Å². The van der Waals surface area contributed by atoms with Crippen LogP contribution in [0.5, 0.6) is 0 Å². The van der Waals surface area contributed by atoms with E-state index in [1.807, 2.05) is 13.8 Å². The Morgan fingerprint density at radius 3 is 2.91 bits per heavy atom. The highest BCUT2D eigenvalue weighted by molar-refractivity contribution is 4.84. The van der Waals surface area contributed by atoms with Crippen molar-refractivity contribution in [2.45, 2.75) is 32.0 Å². The van der Waals surface area contributed by atoms with Gasteiger partial charge in [-0.2, -0.15) is 0 Å². The van der Waals surface area contributed by atoms with E-state index in [0.717, 1.165) is 0 Å². The molecule has 2 atom stereocenters. The van der Waals surface area contributed by atoms with Crippen molar-refractivity contribution in [1.82, 2.24) is 0 Å². The second-order valence-corrected chi connectivity index (χ2v) is 3.26. The topological polar surface area (TPSA) is 38.7 Å². The first-order chi connectivity index (χ1) is 5.16. The molecule has 0 aromatic rings. The van der Waals surface area contributed by atoms with Crippen LogP contribution in [0.2, 0.25) is 0 Å². The van der Waals surface area contributed by atoms with Gasteiger partial charge in [0.1, 0.15) is 0 Å². The third-order valence-electron chi connectivity index (χ3n) is 1.90. The van der Waals surface area contributed by atoms with E-state index in [0.29, 0.717) is 26.2 Å². The first-order valence-electron chi connectivity index (χ1n) is 4.06. The van der Waals surface area contributed by atoms with Gasteiger partial charge in [0.25, 0.3) is 0 Å². The second-order valence-electron chi connectivity index (χ2n) is 3.26. The summed E-state index contributed by atoms with van der Waals surface area (Å²) in [6, 6.07) is 0. The summed E-state index contributed by atoms with van der Waals surface area (Å²) < 4.78 is 10.6. The molecule has 1 heterocycles. The summed E-state index contributed by atoms with van der Waals surface area (Å²) in [6.45, 7) is 5.66. The number of aliphatic hydroxyl groups is 1. The van der Waals surface area contributed by atoms with Crippen molar-refractivity contribution < 1.29 is 14.6 Å². The third kappa shape index (κ3) is 2.43.